The Morgan fingerprint density at radius 1 is 1.36 bits per heavy atom. The van der Waals surface area contributed by atoms with Gasteiger partial charge in [-0.15, -0.1) is 0 Å². The molecular weight excluding hydrogens is 252 g/mol. The molecular formula is C10H10BrF2N. The molecule has 2 rings (SSSR count). The van der Waals surface area contributed by atoms with Crippen molar-refractivity contribution in [2.45, 2.75) is 18.4 Å². The molecule has 14 heavy (non-hydrogen) atoms. The molecule has 1 aromatic carbocycles. The molecule has 0 aliphatic carbocycles. The molecule has 0 radical (unpaired) electrons. The first-order valence-corrected chi connectivity index (χ1v) is 5.26. The Labute approximate surface area is 89.6 Å². The number of hydrogen-bond acceptors (Lipinski definition) is 1. The molecule has 1 N–H and O–H groups in total. The van der Waals surface area contributed by atoms with Gasteiger partial charge in [-0.05, 0) is 11.6 Å². The maximum atomic E-state index is 13.4. The van der Waals surface area contributed by atoms with Crippen LogP contribution in [0.5, 0.6) is 0 Å². The fourth-order valence-corrected chi connectivity index (χ4v) is 2.24. The first-order valence-electron chi connectivity index (χ1n) is 4.47. The molecule has 1 aliphatic heterocycles. The quantitative estimate of drug-likeness (QED) is 0.819. The minimum atomic E-state index is -2.64. The Bertz CT molecular complexity index is 341. The molecule has 1 saturated heterocycles. The monoisotopic (exact) mass is 261 g/mol. The van der Waals surface area contributed by atoms with Gasteiger partial charge in [0.1, 0.15) is 0 Å². The molecule has 1 heterocycles. The lowest BCUT2D eigenvalue weighted by atomic mass is 10.0. The van der Waals surface area contributed by atoms with Gasteiger partial charge in [0, 0.05) is 17.4 Å². The molecule has 0 spiro atoms. The van der Waals surface area contributed by atoms with Gasteiger partial charge in [-0.25, -0.2) is 8.78 Å². The molecule has 1 fully saturated rings. The number of alkyl halides is 2. The van der Waals surface area contributed by atoms with E-state index < -0.39 is 12.0 Å². The summed E-state index contributed by atoms with van der Waals surface area (Å²) in [5.74, 6) is -2.64. The summed E-state index contributed by atoms with van der Waals surface area (Å²) in [6.45, 7) is 0.374. The highest BCUT2D eigenvalue weighted by atomic mass is 79.9. The summed E-state index contributed by atoms with van der Waals surface area (Å²) >= 11 is 3.28. The second-order valence-corrected chi connectivity index (χ2v) is 4.27. The molecule has 1 unspecified atom stereocenters. The third kappa shape index (κ3) is 1.68. The van der Waals surface area contributed by atoms with Crippen LogP contribution in [0, 0.1) is 0 Å². The van der Waals surface area contributed by atoms with Crippen LogP contribution in [0.1, 0.15) is 18.0 Å². The second-order valence-electron chi connectivity index (χ2n) is 3.42. The Kier molecular flexibility index (Phi) is 2.58. The maximum absolute atomic E-state index is 13.4. The van der Waals surface area contributed by atoms with Crippen molar-refractivity contribution in [1.29, 1.82) is 0 Å². The maximum Gasteiger partial charge on any atom is 0.268 e. The van der Waals surface area contributed by atoms with E-state index in [2.05, 4.69) is 21.2 Å². The molecule has 0 aromatic heterocycles. The Morgan fingerprint density at radius 3 is 2.64 bits per heavy atom. The predicted molar refractivity (Wildman–Crippen MR) is 54.4 cm³/mol. The van der Waals surface area contributed by atoms with Gasteiger partial charge in [0.2, 0.25) is 0 Å². The first kappa shape index (κ1) is 10.1. The van der Waals surface area contributed by atoms with E-state index in [1.165, 1.54) is 0 Å². The van der Waals surface area contributed by atoms with Gasteiger partial charge in [-0.1, -0.05) is 34.1 Å². The van der Waals surface area contributed by atoms with Crippen molar-refractivity contribution < 1.29 is 8.78 Å². The summed E-state index contributed by atoms with van der Waals surface area (Å²) in [6, 6.07) is 6.25. The summed E-state index contributed by atoms with van der Waals surface area (Å²) in [7, 11) is 0. The molecule has 1 aliphatic rings. The molecule has 0 saturated carbocycles. The molecule has 1 aromatic rings. The highest BCUT2D eigenvalue weighted by Gasteiger charge is 2.45. The van der Waals surface area contributed by atoms with Crippen LogP contribution in [0.15, 0.2) is 28.7 Å². The number of rotatable bonds is 1. The van der Waals surface area contributed by atoms with Gasteiger partial charge in [0.25, 0.3) is 5.92 Å². The largest absolute Gasteiger partial charge is 0.305 e. The van der Waals surface area contributed by atoms with E-state index in [9.17, 15) is 8.78 Å². The topological polar surface area (TPSA) is 12.0 Å². The minimum Gasteiger partial charge on any atom is -0.305 e. The second kappa shape index (κ2) is 3.59. The third-order valence-electron chi connectivity index (χ3n) is 2.45. The smallest absolute Gasteiger partial charge is 0.268 e. The number of nitrogens with one attached hydrogen (secondary N) is 1. The molecule has 0 bridgehead atoms. The zero-order chi connectivity index (χ0) is 10.2. The molecule has 76 valence electrons. The van der Waals surface area contributed by atoms with E-state index in [-0.39, 0.29) is 6.42 Å². The van der Waals surface area contributed by atoms with E-state index in [1.54, 1.807) is 18.2 Å². The van der Waals surface area contributed by atoms with E-state index in [4.69, 9.17) is 0 Å². The summed E-state index contributed by atoms with van der Waals surface area (Å²) in [5.41, 5.74) is 0.634. The zero-order valence-electron chi connectivity index (χ0n) is 7.43. The Balaban J connectivity index is 2.36. The van der Waals surface area contributed by atoms with Crippen molar-refractivity contribution in [3.8, 4) is 0 Å². The fourth-order valence-electron chi connectivity index (χ4n) is 1.72. The van der Waals surface area contributed by atoms with Crippen molar-refractivity contribution in [3.63, 3.8) is 0 Å². The van der Waals surface area contributed by atoms with Gasteiger partial charge in [0.15, 0.2) is 0 Å². The summed E-state index contributed by atoms with van der Waals surface area (Å²) in [6.07, 6.45) is -0.0843. The van der Waals surface area contributed by atoms with Crippen LogP contribution < -0.4 is 5.32 Å². The van der Waals surface area contributed by atoms with Gasteiger partial charge in [-0.2, -0.15) is 0 Å². The SMILES string of the molecule is FC1(F)CCNC1c1ccccc1Br. The third-order valence-corrected chi connectivity index (χ3v) is 3.17. The summed E-state index contributed by atoms with van der Waals surface area (Å²) < 4.78 is 27.5. The van der Waals surface area contributed by atoms with E-state index >= 15 is 0 Å². The van der Waals surface area contributed by atoms with Gasteiger partial charge in [-0.3, -0.25) is 0 Å². The van der Waals surface area contributed by atoms with E-state index in [0.717, 1.165) is 4.47 Å². The standard InChI is InChI=1S/C10H10BrF2N/c11-8-4-2-1-3-7(8)9-10(12,13)5-6-14-9/h1-4,9,14H,5-6H2. The van der Waals surface area contributed by atoms with E-state index in [0.29, 0.717) is 12.1 Å². The lowest BCUT2D eigenvalue weighted by Crippen LogP contribution is -2.26. The van der Waals surface area contributed by atoms with Crippen LogP contribution >= 0.6 is 15.9 Å². The lowest BCUT2D eigenvalue weighted by Gasteiger charge is -2.20. The zero-order valence-corrected chi connectivity index (χ0v) is 9.02. The van der Waals surface area contributed by atoms with Crippen molar-refractivity contribution in [3.05, 3.63) is 34.3 Å². The fraction of sp³-hybridized carbons (Fsp3) is 0.400. The first-order chi connectivity index (χ1) is 6.61. The number of hydrogen-bond donors (Lipinski definition) is 1. The van der Waals surface area contributed by atoms with Crippen molar-refractivity contribution in [1.82, 2.24) is 5.32 Å². The van der Waals surface area contributed by atoms with Crippen molar-refractivity contribution in [2.75, 3.05) is 6.54 Å². The highest BCUT2D eigenvalue weighted by molar-refractivity contribution is 9.10. The van der Waals surface area contributed by atoms with Gasteiger partial charge in [0.05, 0.1) is 6.04 Å². The molecule has 1 atom stereocenters. The van der Waals surface area contributed by atoms with Crippen LogP contribution in [0.2, 0.25) is 0 Å². The van der Waals surface area contributed by atoms with Gasteiger partial charge >= 0.3 is 0 Å². The summed E-state index contributed by atoms with van der Waals surface area (Å²) in [4.78, 5) is 0. The van der Waals surface area contributed by atoms with Crippen LogP contribution in [-0.4, -0.2) is 12.5 Å². The minimum absolute atomic E-state index is 0.0843. The van der Waals surface area contributed by atoms with Crippen LogP contribution in [-0.2, 0) is 0 Å². The molecule has 4 heteroatoms. The Morgan fingerprint density at radius 2 is 2.07 bits per heavy atom. The Hall–Kier alpha value is -0.480. The highest BCUT2D eigenvalue weighted by Crippen LogP contribution is 2.40. The van der Waals surface area contributed by atoms with Crippen LogP contribution in [0.3, 0.4) is 0 Å². The number of benzene rings is 1. The predicted octanol–water partition coefficient (Wildman–Crippen LogP) is 3.12. The molecule has 1 nitrogen and oxygen atoms in total. The van der Waals surface area contributed by atoms with E-state index in [1.807, 2.05) is 6.07 Å². The normalized spacial score (nSPS) is 25.2. The number of halogens is 3. The lowest BCUT2D eigenvalue weighted by molar-refractivity contribution is -0.0118. The summed E-state index contributed by atoms with van der Waals surface area (Å²) in [5, 5.41) is 2.82. The van der Waals surface area contributed by atoms with Crippen molar-refractivity contribution in [2.24, 2.45) is 0 Å². The van der Waals surface area contributed by atoms with Crippen molar-refractivity contribution >= 4 is 15.9 Å². The van der Waals surface area contributed by atoms with Gasteiger partial charge < -0.3 is 5.32 Å². The average molecular weight is 262 g/mol. The average Bonchev–Trinajstić information content (AvgIpc) is 2.46. The van der Waals surface area contributed by atoms with Crippen LogP contribution in [0.4, 0.5) is 8.78 Å². The molecule has 0 amide bonds. The van der Waals surface area contributed by atoms with Crippen LogP contribution in [0.25, 0.3) is 0 Å².